The van der Waals surface area contributed by atoms with Crippen LogP contribution in [-0.2, 0) is 10.2 Å². The van der Waals surface area contributed by atoms with Gasteiger partial charge in [0.2, 0.25) is 0 Å². The van der Waals surface area contributed by atoms with Gasteiger partial charge in [-0.25, -0.2) is 0 Å². The first-order chi connectivity index (χ1) is 16.4. The lowest BCUT2D eigenvalue weighted by Crippen LogP contribution is -2.45. The zero-order valence-corrected chi connectivity index (χ0v) is 19.9. The second kappa shape index (κ2) is 10.4. The van der Waals surface area contributed by atoms with Gasteiger partial charge < -0.3 is 19.7 Å². The van der Waals surface area contributed by atoms with Crippen molar-refractivity contribution in [3.8, 4) is 5.75 Å². The number of methoxy groups -OCH3 is 1. The highest BCUT2D eigenvalue weighted by Gasteiger charge is 2.35. The molecule has 1 amide bonds. The molecular formula is C26H33N3O5. The molecule has 1 N–H and O–H groups in total. The number of ether oxygens (including phenoxy) is 2. The second-order valence-corrected chi connectivity index (χ2v) is 9.43. The highest BCUT2D eigenvalue weighted by atomic mass is 16.6. The fourth-order valence-corrected chi connectivity index (χ4v) is 4.96. The van der Waals surface area contributed by atoms with Gasteiger partial charge in [0.05, 0.1) is 23.3 Å². The summed E-state index contributed by atoms with van der Waals surface area (Å²) < 4.78 is 10.9. The van der Waals surface area contributed by atoms with Gasteiger partial charge in [0, 0.05) is 50.4 Å². The Morgan fingerprint density at radius 2 is 1.85 bits per heavy atom. The summed E-state index contributed by atoms with van der Waals surface area (Å²) in [6, 6.07) is 12.6. The molecule has 8 nitrogen and oxygen atoms in total. The maximum Gasteiger partial charge on any atom is 0.270 e. The van der Waals surface area contributed by atoms with Crippen LogP contribution in [0, 0.1) is 16.0 Å². The van der Waals surface area contributed by atoms with E-state index in [-0.39, 0.29) is 17.0 Å². The van der Waals surface area contributed by atoms with Crippen molar-refractivity contribution in [3.63, 3.8) is 0 Å². The predicted octanol–water partition coefficient (Wildman–Crippen LogP) is 4.32. The molecule has 182 valence electrons. The van der Waals surface area contributed by atoms with Crippen LogP contribution >= 0.6 is 0 Å². The number of benzene rings is 2. The molecule has 0 bridgehead atoms. The molecule has 2 aliphatic heterocycles. The van der Waals surface area contributed by atoms with Crippen molar-refractivity contribution >= 4 is 17.3 Å². The van der Waals surface area contributed by atoms with Gasteiger partial charge in [-0.15, -0.1) is 0 Å². The minimum Gasteiger partial charge on any atom is -0.497 e. The van der Waals surface area contributed by atoms with Crippen molar-refractivity contribution in [3.05, 3.63) is 63.7 Å². The molecule has 0 saturated carbocycles. The number of nitrogens with one attached hydrogen (secondary N) is 1. The molecule has 0 unspecified atom stereocenters. The fourth-order valence-electron chi connectivity index (χ4n) is 4.96. The molecule has 2 heterocycles. The molecule has 0 radical (unpaired) electrons. The maximum absolute atomic E-state index is 13.5. The van der Waals surface area contributed by atoms with Crippen molar-refractivity contribution in [2.45, 2.75) is 38.0 Å². The van der Waals surface area contributed by atoms with E-state index >= 15 is 0 Å². The van der Waals surface area contributed by atoms with Gasteiger partial charge in [0.25, 0.3) is 11.6 Å². The molecule has 0 aliphatic carbocycles. The first kappa shape index (κ1) is 24.0. The van der Waals surface area contributed by atoms with Crippen LogP contribution in [0.4, 0.5) is 11.4 Å². The van der Waals surface area contributed by atoms with Gasteiger partial charge >= 0.3 is 0 Å². The third-order valence-electron chi connectivity index (χ3n) is 7.30. The molecule has 34 heavy (non-hydrogen) atoms. The minimum atomic E-state index is -0.448. The second-order valence-electron chi connectivity index (χ2n) is 9.43. The number of hydrogen-bond acceptors (Lipinski definition) is 6. The van der Waals surface area contributed by atoms with E-state index in [1.54, 1.807) is 13.2 Å². The summed E-state index contributed by atoms with van der Waals surface area (Å²) in [4.78, 5) is 26.6. The monoisotopic (exact) mass is 467 g/mol. The van der Waals surface area contributed by atoms with E-state index in [0.29, 0.717) is 31.2 Å². The van der Waals surface area contributed by atoms with Crippen molar-refractivity contribution < 1.29 is 19.2 Å². The molecule has 2 aromatic rings. The zero-order chi connectivity index (χ0) is 24.1. The molecule has 2 saturated heterocycles. The van der Waals surface area contributed by atoms with E-state index in [4.69, 9.17) is 9.47 Å². The van der Waals surface area contributed by atoms with Crippen molar-refractivity contribution in [1.82, 2.24) is 5.32 Å². The van der Waals surface area contributed by atoms with Gasteiger partial charge in [-0.2, -0.15) is 0 Å². The number of nitro groups is 1. The third-order valence-corrected chi connectivity index (χ3v) is 7.30. The number of piperidine rings is 1. The summed E-state index contributed by atoms with van der Waals surface area (Å²) in [6.07, 6.45) is 3.65. The number of anilines is 1. The molecule has 0 spiro atoms. The van der Waals surface area contributed by atoms with Crippen LogP contribution in [0.25, 0.3) is 0 Å². The van der Waals surface area contributed by atoms with Gasteiger partial charge in [-0.3, -0.25) is 14.9 Å². The van der Waals surface area contributed by atoms with Crippen LogP contribution in [0.2, 0.25) is 0 Å². The van der Waals surface area contributed by atoms with Crippen LogP contribution in [0.3, 0.4) is 0 Å². The number of carbonyl (C=O) groups excluding carboxylic acids is 1. The van der Waals surface area contributed by atoms with Crippen LogP contribution in [0.15, 0.2) is 42.5 Å². The number of amides is 1. The smallest absolute Gasteiger partial charge is 0.270 e. The Morgan fingerprint density at radius 3 is 2.47 bits per heavy atom. The lowest BCUT2D eigenvalue weighted by atomic mass is 9.74. The van der Waals surface area contributed by atoms with E-state index in [1.165, 1.54) is 12.1 Å². The lowest BCUT2D eigenvalue weighted by molar-refractivity contribution is -0.384. The highest BCUT2D eigenvalue weighted by Crippen LogP contribution is 2.36. The predicted molar refractivity (Wildman–Crippen MR) is 131 cm³/mol. The summed E-state index contributed by atoms with van der Waals surface area (Å²) in [5.41, 5.74) is 1.92. The summed E-state index contributed by atoms with van der Waals surface area (Å²) in [5.74, 6) is 1.15. The van der Waals surface area contributed by atoms with Gasteiger partial charge in [-0.05, 0) is 55.4 Å². The summed E-state index contributed by atoms with van der Waals surface area (Å²) >= 11 is 0. The fraction of sp³-hybridized carbons (Fsp3) is 0.500. The standard InChI is InChI=1S/C26H33N3O5/c1-19-9-13-28(14-10-19)24-8-5-21(29(31)32)17-23(24)25(30)27-18-26(11-15-34-16-12-26)20-3-6-22(33-2)7-4-20/h3-8,17,19H,9-16,18H2,1-2H3,(H,27,30). The van der Waals surface area contributed by atoms with Crippen molar-refractivity contribution in [1.29, 1.82) is 0 Å². The molecule has 0 atom stereocenters. The van der Waals surface area contributed by atoms with Crippen molar-refractivity contribution in [2.24, 2.45) is 5.92 Å². The summed E-state index contributed by atoms with van der Waals surface area (Å²) in [6.45, 7) is 5.58. The minimum absolute atomic E-state index is 0.0739. The Balaban J connectivity index is 1.58. The van der Waals surface area contributed by atoms with E-state index in [2.05, 4.69) is 17.1 Å². The highest BCUT2D eigenvalue weighted by molar-refractivity contribution is 6.00. The first-order valence-electron chi connectivity index (χ1n) is 12.0. The normalized spacial score (nSPS) is 18.4. The molecule has 2 fully saturated rings. The van der Waals surface area contributed by atoms with Crippen LogP contribution in [0.5, 0.6) is 5.75 Å². The van der Waals surface area contributed by atoms with Crippen molar-refractivity contribution in [2.75, 3.05) is 44.9 Å². The average molecular weight is 468 g/mol. The topological polar surface area (TPSA) is 93.9 Å². The Hall–Kier alpha value is -3.13. The molecular weight excluding hydrogens is 434 g/mol. The number of hydrogen-bond donors (Lipinski definition) is 1. The van der Waals surface area contributed by atoms with Crippen LogP contribution in [0.1, 0.15) is 48.5 Å². The Kier molecular flexibility index (Phi) is 7.36. The number of nitrogens with zero attached hydrogens (tertiary/aromatic N) is 2. The number of non-ortho nitro benzene ring substituents is 1. The van der Waals surface area contributed by atoms with E-state index in [9.17, 15) is 14.9 Å². The molecule has 2 aromatic carbocycles. The van der Waals surface area contributed by atoms with E-state index in [0.717, 1.165) is 55.8 Å². The van der Waals surface area contributed by atoms with Gasteiger partial charge in [-0.1, -0.05) is 19.1 Å². The third kappa shape index (κ3) is 5.17. The van der Waals surface area contributed by atoms with E-state index in [1.807, 2.05) is 24.3 Å². The zero-order valence-electron chi connectivity index (χ0n) is 19.9. The molecule has 2 aliphatic rings. The number of carbonyl (C=O) groups is 1. The average Bonchev–Trinajstić information content (AvgIpc) is 2.88. The largest absolute Gasteiger partial charge is 0.497 e. The summed E-state index contributed by atoms with van der Waals surface area (Å²) in [5, 5.41) is 14.6. The maximum atomic E-state index is 13.5. The Labute approximate surface area is 200 Å². The molecule has 8 heteroatoms. The number of rotatable bonds is 7. The Bertz CT molecular complexity index is 1010. The van der Waals surface area contributed by atoms with Gasteiger partial charge in [0.1, 0.15) is 5.75 Å². The first-order valence-corrected chi connectivity index (χ1v) is 12.0. The van der Waals surface area contributed by atoms with Crippen LogP contribution in [-0.4, -0.2) is 50.8 Å². The molecule has 0 aromatic heterocycles. The number of nitro benzene ring substituents is 1. The lowest BCUT2D eigenvalue weighted by Gasteiger charge is -2.38. The van der Waals surface area contributed by atoms with E-state index < -0.39 is 4.92 Å². The SMILES string of the molecule is COc1ccc(C2(CNC(=O)c3cc([N+](=O)[O-])ccc3N3CCC(C)CC3)CCOCC2)cc1. The molecule has 4 rings (SSSR count). The van der Waals surface area contributed by atoms with Gasteiger partial charge in [0.15, 0.2) is 0 Å². The van der Waals surface area contributed by atoms with Crippen LogP contribution < -0.4 is 15.0 Å². The summed E-state index contributed by atoms with van der Waals surface area (Å²) in [7, 11) is 1.64. The Morgan fingerprint density at radius 1 is 1.18 bits per heavy atom. The quantitative estimate of drug-likeness (QED) is 0.482.